The lowest BCUT2D eigenvalue weighted by Crippen LogP contribution is -2.56. The molecule has 0 heterocycles. The molecule has 4 heteroatoms. The number of rotatable bonds is 1. The van der Waals surface area contributed by atoms with Crippen LogP contribution in [-0.2, 0) is 7.86 Å². The predicted octanol–water partition coefficient (Wildman–Crippen LogP) is 2.28. The molecular formula is C13H18INO2. The molecule has 0 amide bonds. The molecule has 0 radical (unpaired) electrons. The van der Waals surface area contributed by atoms with E-state index in [1.807, 2.05) is 0 Å². The van der Waals surface area contributed by atoms with Gasteiger partial charge in [0.25, 0.3) is 0 Å². The van der Waals surface area contributed by atoms with Gasteiger partial charge < -0.3 is 8.80 Å². The SMILES string of the molecule is NC1(C(=O)OI)CC2CC1C1C3CCC(C3)C21. The highest BCUT2D eigenvalue weighted by Crippen LogP contribution is 2.69. The Morgan fingerprint density at radius 1 is 1.18 bits per heavy atom. The van der Waals surface area contributed by atoms with Crippen LogP contribution in [0.5, 0.6) is 0 Å². The predicted molar refractivity (Wildman–Crippen MR) is 71.1 cm³/mol. The summed E-state index contributed by atoms with van der Waals surface area (Å²) in [7, 11) is 0. The zero-order chi connectivity index (χ0) is 11.8. The van der Waals surface area contributed by atoms with Crippen molar-refractivity contribution in [1.82, 2.24) is 0 Å². The molecule has 0 aliphatic heterocycles. The first-order valence-electron chi connectivity index (χ1n) is 6.77. The van der Waals surface area contributed by atoms with Gasteiger partial charge in [0, 0.05) is 0 Å². The Bertz CT molecular complexity index is 388. The maximum atomic E-state index is 12.0. The average Bonchev–Trinajstić information content (AvgIpc) is 3.03. The molecule has 4 aliphatic carbocycles. The second kappa shape index (κ2) is 3.38. The van der Waals surface area contributed by atoms with Crippen LogP contribution in [0.1, 0.15) is 32.1 Å². The van der Waals surface area contributed by atoms with Crippen molar-refractivity contribution in [2.45, 2.75) is 37.6 Å². The van der Waals surface area contributed by atoms with Crippen molar-refractivity contribution in [3.63, 3.8) is 0 Å². The minimum atomic E-state index is -0.655. The average molecular weight is 347 g/mol. The first-order chi connectivity index (χ1) is 8.15. The van der Waals surface area contributed by atoms with Crippen molar-refractivity contribution < 1.29 is 7.86 Å². The third-order valence-electron chi connectivity index (χ3n) is 6.32. The number of hydrogen-bond acceptors (Lipinski definition) is 3. The fourth-order valence-corrected chi connectivity index (χ4v) is 6.39. The molecule has 4 fully saturated rings. The normalized spacial score (nSPS) is 58.5. The summed E-state index contributed by atoms with van der Waals surface area (Å²) < 4.78 is 4.92. The zero-order valence-corrected chi connectivity index (χ0v) is 11.9. The quantitative estimate of drug-likeness (QED) is 0.585. The van der Waals surface area contributed by atoms with E-state index >= 15 is 0 Å². The molecular weight excluding hydrogens is 329 g/mol. The molecule has 17 heavy (non-hydrogen) atoms. The third-order valence-corrected chi connectivity index (χ3v) is 6.72. The fraction of sp³-hybridized carbons (Fsp3) is 0.923. The van der Waals surface area contributed by atoms with Crippen molar-refractivity contribution in [2.75, 3.05) is 0 Å². The molecule has 4 bridgehead atoms. The van der Waals surface area contributed by atoms with Crippen molar-refractivity contribution in [1.29, 1.82) is 0 Å². The highest BCUT2D eigenvalue weighted by molar-refractivity contribution is 14.1. The molecule has 4 aliphatic rings. The maximum Gasteiger partial charge on any atom is 0.335 e. The summed E-state index contributed by atoms with van der Waals surface area (Å²) in [4.78, 5) is 12.0. The summed E-state index contributed by atoms with van der Waals surface area (Å²) in [5.74, 6) is 4.42. The molecule has 4 rings (SSSR count). The van der Waals surface area contributed by atoms with Crippen LogP contribution in [0.4, 0.5) is 0 Å². The van der Waals surface area contributed by atoms with E-state index in [1.165, 1.54) is 25.7 Å². The Morgan fingerprint density at radius 2 is 1.88 bits per heavy atom. The number of fused-ring (bicyclic) bond motifs is 9. The molecule has 0 aromatic heterocycles. The Kier molecular flexibility index (Phi) is 2.19. The second-order valence-electron chi connectivity index (χ2n) is 6.70. The Hall–Kier alpha value is 0.160. The van der Waals surface area contributed by atoms with Crippen LogP contribution in [0.25, 0.3) is 0 Å². The summed E-state index contributed by atoms with van der Waals surface area (Å²) >= 11 is 1.69. The van der Waals surface area contributed by atoms with Crippen molar-refractivity contribution >= 4 is 29.0 Å². The van der Waals surface area contributed by atoms with Gasteiger partial charge in [0.1, 0.15) is 5.54 Å². The van der Waals surface area contributed by atoms with Crippen LogP contribution in [0.2, 0.25) is 0 Å². The minimum Gasteiger partial charge on any atom is -0.393 e. The first kappa shape index (κ1) is 11.0. The van der Waals surface area contributed by atoms with Gasteiger partial charge in [0.15, 0.2) is 23.0 Å². The van der Waals surface area contributed by atoms with Crippen LogP contribution in [0.15, 0.2) is 0 Å². The van der Waals surface area contributed by atoms with Gasteiger partial charge >= 0.3 is 5.97 Å². The minimum absolute atomic E-state index is 0.174. The van der Waals surface area contributed by atoms with Crippen molar-refractivity contribution in [2.24, 2.45) is 41.2 Å². The molecule has 0 aromatic rings. The van der Waals surface area contributed by atoms with Gasteiger partial charge in [-0.05, 0) is 67.6 Å². The Morgan fingerprint density at radius 3 is 2.59 bits per heavy atom. The Balaban J connectivity index is 1.69. The van der Waals surface area contributed by atoms with Gasteiger partial charge in [-0.3, -0.25) is 0 Å². The van der Waals surface area contributed by atoms with Gasteiger partial charge in [-0.25, -0.2) is 4.79 Å². The van der Waals surface area contributed by atoms with E-state index in [1.54, 1.807) is 23.0 Å². The summed E-state index contributed by atoms with van der Waals surface area (Å²) in [5, 5.41) is 0. The third kappa shape index (κ3) is 1.19. The molecule has 0 saturated heterocycles. The standard InChI is InChI=1S/C13H18INO2/c14-17-12(16)13(15)5-8-4-9(13)11-7-2-1-6(3-7)10(8)11/h6-11H,1-5,15H2. The lowest BCUT2D eigenvalue weighted by molar-refractivity contribution is -0.141. The number of hydrogen-bond donors (Lipinski definition) is 1. The molecule has 7 atom stereocenters. The zero-order valence-electron chi connectivity index (χ0n) is 9.77. The number of halogens is 1. The molecule has 7 unspecified atom stereocenters. The van der Waals surface area contributed by atoms with E-state index in [0.717, 1.165) is 30.1 Å². The molecule has 4 saturated carbocycles. The number of carbonyl (C=O) groups is 1. The summed E-state index contributed by atoms with van der Waals surface area (Å²) in [6, 6.07) is 0. The monoisotopic (exact) mass is 347 g/mol. The first-order valence-corrected chi connectivity index (χ1v) is 7.65. The second-order valence-corrected chi connectivity index (χ2v) is 7.14. The van der Waals surface area contributed by atoms with E-state index < -0.39 is 5.54 Å². The summed E-state index contributed by atoms with van der Waals surface area (Å²) in [6.45, 7) is 0. The highest BCUT2D eigenvalue weighted by atomic mass is 127. The smallest absolute Gasteiger partial charge is 0.335 e. The molecule has 0 spiro atoms. The van der Waals surface area contributed by atoms with Crippen molar-refractivity contribution in [3.05, 3.63) is 0 Å². The molecule has 2 N–H and O–H groups in total. The molecule has 0 aromatic carbocycles. The number of carbonyl (C=O) groups excluding carboxylic acids is 1. The summed E-state index contributed by atoms with van der Waals surface area (Å²) in [5.41, 5.74) is 5.75. The lowest BCUT2D eigenvalue weighted by Gasteiger charge is -2.42. The van der Waals surface area contributed by atoms with E-state index in [-0.39, 0.29) is 5.97 Å². The Labute approximate surface area is 116 Å². The highest BCUT2D eigenvalue weighted by Gasteiger charge is 2.68. The van der Waals surface area contributed by atoms with Crippen LogP contribution in [0.3, 0.4) is 0 Å². The van der Waals surface area contributed by atoms with E-state index in [2.05, 4.69) is 0 Å². The van der Waals surface area contributed by atoms with Gasteiger partial charge in [0.2, 0.25) is 0 Å². The van der Waals surface area contributed by atoms with Gasteiger partial charge in [-0.15, -0.1) is 0 Å². The largest absolute Gasteiger partial charge is 0.393 e. The van der Waals surface area contributed by atoms with Crippen LogP contribution in [0, 0.1) is 35.5 Å². The van der Waals surface area contributed by atoms with E-state index in [4.69, 9.17) is 8.80 Å². The lowest BCUT2D eigenvalue weighted by atomic mass is 9.65. The van der Waals surface area contributed by atoms with Crippen LogP contribution in [-0.4, -0.2) is 11.5 Å². The molecule has 3 nitrogen and oxygen atoms in total. The molecule has 94 valence electrons. The van der Waals surface area contributed by atoms with Crippen LogP contribution < -0.4 is 5.73 Å². The van der Waals surface area contributed by atoms with E-state index in [9.17, 15) is 4.79 Å². The van der Waals surface area contributed by atoms with Crippen molar-refractivity contribution in [3.8, 4) is 0 Å². The van der Waals surface area contributed by atoms with Gasteiger partial charge in [-0.2, -0.15) is 0 Å². The number of nitrogens with two attached hydrogens (primary N) is 1. The topological polar surface area (TPSA) is 52.3 Å². The van der Waals surface area contributed by atoms with E-state index in [0.29, 0.717) is 11.8 Å². The van der Waals surface area contributed by atoms with Gasteiger partial charge in [0.05, 0.1) is 0 Å². The summed E-state index contributed by atoms with van der Waals surface area (Å²) in [6.07, 6.45) is 6.29. The van der Waals surface area contributed by atoms with Crippen LogP contribution >= 0.6 is 23.0 Å². The fourth-order valence-electron chi connectivity index (χ4n) is 5.98. The van der Waals surface area contributed by atoms with Gasteiger partial charge in [-0.1, -0.05) is 0 Å². The maximum absolute atomic E-state index is 12.0.